The average Bonchev–Trinajstić information content (AvgIpc) is 2.00. The van der Waals surface area contributed by atoms with Crippen LogP contribution >= 0.6 is 11.8 Å². The third-order valence-electron chi connectivity index (χ3n) is 1.36. The molecular formula is C10H17NS. The largest absolute Gasteiger partial charge is 0.304 e. The molecule has 0 aromatic heterocycles. The Morgan fingerprint density at radius 3 is 2.58 bits per heavy atom. The molecule has 0 aliphatic heterocycles. The van der Waals surface area contributed by atoms with Crippen LogP contribution in [0.2, 0.25) is 0 Å². The Morgan fingerprint density at radius 2 is 2.17 bits per heavy atom. The first-order valence-corrected chi connectivity index (χ1v) is 5.41. The summed E-state index contributed by atoms with van der Waals surface area (Å²) >= 11 is 1.65. The van der Waals surface area contributed by atoms with Gasteiger partial charge in [0.2, 0.25) is 0 Å². The van der Waals surface area contributed by atoms with Gasteiger partial charge in [0.1, 0.15) is 0 Å². The van der Waals surface area contributed by atoms with E-state index in [0.717, 1.165) is 11.3 Å². The van der Waals surface area contributed by atoms with Crippen LogP contribution in [0.1, 0.15) is 13.8 Å². The maximum atomic E-state index is 7.57. The minimum atomic E-state index is 0.531. The maximum Gasteiger partial charge on any atom is 0.0478 e. The van der Waals surface area contributed by atoms with Crippen molar-refractivity contribution >= 4 is 17.5 Å². The molecule has 0 bridgehead atoms. The molecular weight excluding hydrogens is 166 g/mol. The fourth-order valence-electron chi connectivity index (χ4n) is 0.646. The second kappa shape index (κ2) is 6.06. The number of rotatable bonds is 5. The van der Waals surface area contributed by atoms with Crippen LogP contribution in [0, 0.1) is 11.3 Å². The molecule has 0 aromatic rings. The number of hydrogen-bond acceptors (Lipinski definition) is 2. The summed E-state index contributed by atoms with van der Waals surface area (Å²) in [5.41, 5.74) is 1.46. The lowest BCUT2D eigenvalue weighted by atomic mass is 10.1. The highest BCUT2D eigenvalue weighted by Crippen LogP contribution is 2.04. The molecule has 0 aromatic carbocycles. The van der Waals surface area contributed by atoms with Gasteiger partial charge in [-0.2, -0.15) is 11.8 Å². The van der Waals surface area contributed by atoms with Crippen molar-refractivity contribution in [3.8, 4) is 0 Å². The van der Waals surface area contributed by atoms with E-state index in [1.165, 1.54) is 0 Å². The lowest BCUT2D eigenvalue weighted by Crippen LogP contribution is -2.01. The first-order chi connectivity index (χ1) is 5.57. The van der Waals surface area contributed by atoms with Gasteiger partial charge in [0, 0.05) is 11.5 Å². The van der Waals surface area contributed by atoms with Crippen molar-refractivity contribution in [2.45, 2.75) is 13.8 Å². The highest BCUT2D eigenvalue weighted by Gasteiger charge is 1.97. The van der Waals surface area contributed by atoms with Gasteiger partial charge in [0.05, 0.1) is 0 Å². The van der Waals surface area contributed by atoms with Crippen LogP contribution in [0.3, 0.4) is 0 Å². The molecule has 0 saturated carbocycles. The summed E-state index contributed by atoms with van der Waals surface area (Å²) in [6, 6.07) is 0. The van der Waals surface area contributed by atoms with Crippen LogP contribution in [-0.4, -0.2) is 17.7 Å². The summed E-state index contributed by atoms with van der Waals surface area (Å²) in [4.78, 5) is 0. The Kier molecular flexibility index (Phi) is 5.81. The van der Waals surface area contributed by atoms with Gasteiger partial charge in [-0.15, -0.1) is 0 Å². The Balaban J connectivity index is 3.95. The standard InChI is InChI=1S/C10H17NS/c1-8(2)5-6-9(3)10(11)7-12-4/h5-6,8,11H,3,7H2,1-2,4H3/b6-5-,11-10?. The van der Waals surface area contributed by atoms with Crippen molar-refractivity contribution in [3.05, 3.63) is 24.3 Å². The van der Waals surface area contributed by atoms with Crippen molar-refractivity contribution in [2.75, 3.05) is 12.0 Å². The van der Waals surface area contributed by atoms with E-state index in [0.29, 0.717) is 11.6 Å². The quantitative estimate of drug-likeness (QED) is 0.514. The number of allylic oxidation sites excluding steroid dienone is 3. The molecule has 1 N–H and O–H groups in total. The predicted molar refractivity (Wildman–Crippen MR) is 59.2 cm³/mol. The summed E-state index contributed by atoms with van der Waals surface area (Å²) < 4.78 is 0. The molecule has 0 spiro atoms. The van der Waals surface area contributed by atoms with E-state index in [4.69, 9.17) is 5.41 Å². The van der Waals surface area contributed by atoms with Gasteiger partial charge >= 0.3 is 0 Å². The fraction of sp³-hybridized carbons (Fsp3) is 0.500. The third kappa shape index (κ3) is 5.19. The van der Waals surface area contributed by atoms with E-state index in [2.05, 4.69) is 26.5 Å². The summed E-state index contributed by atoms with van der Waals surface area (Å²) in [5, 5.41) is 7.57. The zero-order chi connectivity index (χ0) is 9.56. The molecule has 0 saturated heterocycles. The van der Waals surface area contributed by atoms with Gasteiger partial charge < -0.3 is 5.41 Å². The second-order valence-corrected chi connectivity index (χ2v) is 3.91. The zero-order valence-corrected chi connectivity index (χ0v) is 8.87. The van der Waals surface area contributed by atoms with Crippen molar-refractivity contribution in [1.82, 2.24) is 0 Å². The highest BCUT2D eigenvalue weighted by atomic mass is 32.2. The van der Waals surface area contributed by atoms with Crippen LogP contribution in [0.4, 0.5) is 0 Å². The van der Waals surface area contributed by atoms with Crippen LogP contribution in [0.15, 0.2) is 24.3 Å². The molecule has 0 heterocycles. The maximum absolute atomic E-state index is 7.57. The van der Waals surface area contributed by atoms with E-state index < -0.39 is 0 Å². The Labute approximate surface area is 79.5 Å². The molecule has 0 radical (unpaired) electrons. The SMILES string of the molecule is C=C(/C=C\C(C)C)C(=N)CSC. The summed E-state index contributed by atoms with van der Waals surface area (Å²) in [6.07, 6.45) is 5.99. The highest BCUT2D eigenvalue weighted by molar-refractivity contribution is 7.99. The van der Waals surface area contributed by atoms with Gasteiger partial charge in [0.15, 0.2) is 0 Å². The Morgan fingerprint density at radius 1 is 1.58 bits per heavy atom. The first-order valence-electron chi connectivity index (χ1n) is 4.01. The van der Waals surface area contributed by atoms with Crippen molar-refractivity contribution in [2.24, 2.45) is 5.92 Å². The molecule has 0 atom stereocenters. The molecule has 0 unspecified atom stereocenters. The molecule has 12 heavy (non-hydrogen) atoms. The topological polar surface area (TPSA) is 23.9 Å². The lowest BCUT2D eigenvalue weighted by Gasteiger charge is -2.01. The smallest absolute Gasteiger partial charge is 0.0478 e. The van der Waals surface area contributed by atoms with E-state index in [-0.39, 0.29) is 0 Å². The third-order valence-corrected chi connectivity index (χ3v) is 1.94. The van der Waals surface area contributed by atoms with Crippen LogP contribution in [0.25, 0.3) is 0 Å². The molecule has 0 amide bonds. The van der Waals surface area contributed by atoms with Gasteiger partial charge in [0.25, 0.3) is 0 Å². The summed E-state index contributed by atoms with van der Waals surface area (Å²) in [7, 11) is 0. The summed E-state index contributed by atoms with van der Waals surface area (Å²) in [5.74, 6) is 1.28. The van der Waals surface area contributed by atoms with Crippen molar-refractivity contribution < 1.29 is 0 Å². The number of thioether (sulfide) groups is 1. The fourth-order valence-corrected chi connectivity index (χ4v) is 1.12. The van der Waals surface area contributed by atoms with E-state index in [1.807, 2.05) is 12.3 Å². The molecule has 0 rings (SSSR count). The molecule has 68 valence electrons. The first kappa shape index (κ1) is 11.5. The Hall–Kier alpha value is -0.500. The van der Waals surface area contributed by atoms with E-state index in [1.54, 1.807) is 11.8 Å². The van der Waals surface area contributed by atoms with Gasteiger partial charge in [-0.1, -0.05) is 32.6 Å². The Bertz CT molecular complexity index is 192. The normalized spacial score (nSPS) is 11.0. The minimum absolute atomic E-state index is 0.531. The second-order valence-electron chi connectivity index (χ2n) is 3.04. The molecule has 0 aliphatic rings. The van der Waals surface area contributed by atoms with Gasteiger partial charge in [-0.25, -0.2) is 0 Å². The monoisotopic (exact) mass is 183 g/mol. The zero-order valence-electron chi connectivity index (χ0n) is 8.05. The minimum Gasteiger partial charge on any atom is -0.304 e. The van der Waals surface area contributed by atoms with Crippen LogP contribution < -0.4 is 0 Å². The average molecular weight is 183 g/mol. The molecule has 0 fully saturated rings. The van der Waals surface area contributed by atoms with Crippen molar-refractivity contribution in [3.63, 3.8) is 0 Å². The molecule has 2 heteroatoms. The van der Waals surface area contributed by atoms with Gasteiger partial charge in [-0.3, -0.25) is 0 Å². The van der Waals surface area contributed by atoms with E-state index in [9.17, 15) is 0 Å². The van der Waals surface area contributed by atoms with Crippen LogP contribution in [0.5, 0.6) is 0 Å². The van der Waals surface area contributed by atoms with Crippen LogP contribution in [-0.2, 0) is 0 Å². The molecule has 0 aliphatic carbocycles. The number of nitrogens with one attached hydrogen (secondary N) is 1. The lowest BCUT2D eigenvalue weighted by molar-refractivity contribution is 0.831. The van der Waals surface area contributed by atoms with E-state index >= 15 is 0 Å². The molecule has 1 nitrogen and oxygen atoms in total. The predicted octanol–water partition coefficient (Wildman–Crippen LogP) is 3.14. The van der Waals surface area contributed by atoms with Gasteiger partial charge in [-0.05, 0) is 17.7 Å². The number of hydrogen-bond donors (Lipinski definition) is 1. The van der Waals surface area contributed by atoms with Crippen molar-refractivity contribution in [1.29, 1.82) is 5.41 Å². The summed E-state index contributed by atoms with van der Waals surface area (Å²) in [6.45, 7) is 8.05.